The van der Waals surface area contributed by atoms with E-state index < -0.39 is 35.8 Å². The lowest BCUT2D eigenvalue weighted by Gasteiger charge is -2.35. The molecule has 2 heterocycles. The predicted octanol–water partition coefficient (Wildman–Crippen LogP) is 4.99. The number of likely N-dealkylation sites (tertiary alicyclic amines) is 1. The number of carbonyl (C=O) groups is 4. The van der Waals surface area contributed by atoms with Crippen LogP contribution in [0.5, 0.6) is 0 Å². The van der Waals surface area contributed by atoms with Crippen LogP contribution in [0.15, 0.2) is 61.1 Å². The van der Waals surface area contributed by atoms with Gasteiger partial charge in [-0.05, 0) is 103 Å². The van der Waals surface area contributed by atoms with Crippen molar-refractivity contribution in [2.75, 3.05) is 33.3 Å². The van der Waals surface area contributed by atoms with Crippen LogP contribution < -0.4 is 5.32 Å². The molecule has 1 saturated heterocycles. The third-order valence-electron chi connectivity index (χ3n) is 8.99. The average molecular weight is 725 g/mol. The maximum absolute atomic E-state index is 14.3. The molecule has 1 aliphatic heterocycles. The molecule has 1 aliphatic rings. The first kappa shape index (κ1) is 39.9. The molecular weight excluding hydrogens is 674 g/mol. The Hall–Kier alpha value is -4.85. The molecule has 0 aliphatic carbocycles. The number of benzene rings is 2. The van der Waals surface area contributed by atoms with Gasteiger partial charge in [0.1, 0.15) is 41.3 Å². The molecule has 4 atom stereocenters. The molecule has 1 aromatic heterocycles. The van der Waals surface area contributed by atoms with Gasteiger partial charge in [-0.2, -0.15) is 0 Å². The summed E-state index contributed by atoms with van der Waals surface area (Å²) >= 11 is 0. The van der Waals surface area contributed by atoms with E-state index in [0.29, 0.717) is 38.1 Å². The van der Waals surface area contributed by atoms with E-state index in [9.17, 15) is 28.0 Å². The number of likely N-dealkylation sites (N-methyl/N-ethyl adjacent to an activating group) is 1. The van der Waals surface area contributed by atoms with Crippen LogP contribution in [0, 0.1) is 11.6 Å². The Morgan fingerprint density at radius 1 is 1.02 bits per heavy atom. The van der Waals surface area contributed by atoms with E-state index in [1.54, 1.807) is 86.4 Å². The molecule has 0 radical (unpaired) electrons. The molecule has 1 fully saturated rings. The number of rotatable bonds is 14. The number of imidazole rings is 1. The second-order valence-electron chi connectivity index (χ2n) is 14.0. The highest BCUT2D eigenvalue weighted by Crippen LogP contribution is 2.23. The van der Waals surface area contributed by atoms with Crippen molar-refractivity contribution in [2.45, 2.75) is 90.6 Å². The first-order valence-electron chi connectivity index (χ1n) is 17.6. The van der Waals surface area contributed by atoms with Gasteiger partial charge in [0.2, 0.25) is 11.8 Å². The fraction of sp³-hybridized carbons (Fsp3) is 0.500. The Bertz CT molecular complexity index is 1680. The monoisotopic (exact) mass is 724 g/mol. The van der Waals surface area contributed by atoms with E-state index in [4.69, 9.17) is 9.47 Å². The van der Waals surface area contributed by atoms with Crippen LogP contribution in [0.25, 0.3) is 5.69 Å². The molecule has 12 nitrogen and oxygen atoms in total. The highest BCUT2D eigenvalue weighted by molar-refractivity contribution is 5.93. The molecule has 0 unspecified atom stereocenters. The van der Waals surface area contributed by atoms with E-state index in [1.807, 2.05) is 0 Å². The summed E-state index contributed by atoms with van der Waals surface area (Å²) in [5, 5.41) is 2.82. The van der Waals surface area contributed by atoms with Crippen molar-refractivity contribution in [1.29, 1.82) is 0 Å². The molecule has 52 heavy (non-hydrogen) atoms. The van der Waals surface area contributed by atoms with Crippen molar-refractivity contribution in [3.63, 3.8) is 0 Å². The van der Waals surface area contributed by atoms with Crippen LogP contribution >= 0.6 is 0 Å². The number of ether oxygens (including phenoxy) is 2. The molecule has 0 spiro atoms. The number of hydrogen-bond donors (Lipinski definition) is 1. The van der Waals surface area contributed by atoms with Crippen LogP contribution in [0.2, 0.25) is 0 Å². The number of hydrogen-bond acceptors (Lipinski definition) is 7. The third-order valence-corrected chi connectivity index (χ3v) is 8.99. The van der Waals surface area contributed by atoms with E-state index in [-0.39, 0.29) is 48.3 Å². The molecule has 0 saturated carbocycles. The van der Waals surface area contributed by atoms with Crippen molar-refractivity contribution in [3.05, 3.63) is 83.9 Å². The van der Waals surface area contributed by atoms with Crippen molar-refractivity contribution in [1.82, 2.24) is 29.6 Å². The van der Waals surface area contributed by atoms with Gasteiger partial charge >= 0.3 is 6.09 Å². The highest BCUT2D eigenvalue weighted by atomic mass is 19.1. The number of halogens is 2. The predicted molar refractivity (Wildman–Crippen MR) is 191 cm³/mol. The molecule has 4 amide bonds. The number of aromatic nitrogens is 2. The number of nitrogens with zero attached hydrogens (tertiary/aromatic N) is 5. The average Bonchev–Trinajstić information content (AvgIpc) is 3.78. The second kappa shape index (κ2) is 17.6. The Balaban J connectivity index is 1.55. The van der Waals surface area contributed by atoms with Crippen LogP contribution in [0.3, 0.4) is 0 Å². The zero-order chi connectivity index (χ0) is 38.2. The summed E-state index contributed by atoms with van der Waals surface area (Å²) in [5.41, 5.74) is 0.860. The minimum Gasteiger partial charge on any atom is -0.444 e. The lowest BCUT2D eigenvalue weighted by molar-refractivity contribution is -0.142. The Kier molecular flexibility index (Phi) is 13.5. The lowest BCUT2D eigenvalue weighted by atomic mass is 10.1. The van der Waals surface area contributed by atoms with Gasteiger partial charge in [-0.25, -0.2) is 18.6 Å². The molecule has 0 bridgehead atoms. The number of amides is 4. The van der Waals surface area contributed by atoms with Gasteiger partial charge in [-0.15, -0.1) is 0 Å². The van der Waals surface area contributed by atoms with E-state index in [2.05, 4.69) is 10.3 Å². The van der Waals surface area contributed by atoms with Crippen molar-refractivity contribution < 1.29 is 37.4 Å². The van der Waals surface area contributed by atoms with Gasteiger partial charge in [-0.3, -0.25) is 19.3 Å². The smallest absolute Gasteiger partial charge is 0.410 e. The van der Waals surface area contributed by atoms with Crippen molar-refractivity contribution >= 4 is 23.8 Å². The standard InChI is InChI=1S/C38H50F2N6O6/c1-8-51-26(3)33(42-34(47)25(2)43(7)37(50)52-38(4,5)6)36(49)46-20-9-10-31(46)22-44(21-19-27-11-13-28(39)14-12-27)35(48)32-23-45(24-41-32)30-17-15-29(40)16-18-30/h11-18,23-26,31,33H,8-10,19-22H2,1-7H3,(H,42,47)/t25-,26+,31-,33-/m0/s1. The lowest BCUT2D eigenvalue weighted by Crippen LogP contribution is -2.59. The van der Waals surface area contributed by atoms with Crippen LogP contribution in [-0.2, 0) is 25.5 Å². The Morgan fingerprint density at radius 3 is 2.27 bits per heavy atom. The molecule has 3 aromatic rings. The molecule has 282 valence electrons. The Morgan fingerprint density at radius 2 is 1.65 bits per heavy atom. The van der Waals surface area contributed by atoms with Crippen LogP contribution in [0.4, 0.5) is 13.6 Å². The van der Waals surface area contributed by atoms with Gasteiger partial charge in [0.05, 0.1) is 6.10 Å². The first-order chi connectivity index (χ1) is 24.6. The minimum atomic E-state index is -1.07. The van der Waals surface area contributed by atoms with E-state index in [1.165, 1.54) is 42.5 Å². The topological polar surface area (TPSA) is 126 Å². The van der Waals surface area contributed by atoms with Crippen molar-refractivity contribution in [2.24, 2.45) is 0 Å². The SMILES string of the molecule is CCO[C@H](C)[C@H](NC(=O)[C@H](C)N(C)C(=O)OC(C)(C)C)C(=O)N1CCC[C@H]1CN(CCc1ccc(F)cc1)C(=O)c1cn(-c2ccc(F)cc2)cn1. The molecular formula is C38H50F2N6O6. The zero-order valence-electron chi connectivity index (χ0n) is 31.0. The summed E-state index contributed by atoms with van der Waals surface area (Å²) in [6.45, 7) is 11.4. The van der Waals surface area contributed by atoms with Gasteiger partial charge in [0.15, 0.2) is 0 Å². The van der Waals surface area contributed by atoms with Crippen LogP contribution in [0.1, 0.15) is 70.4 Å². The highest BCUT2D eigenvalue weighted by Gasteiger charge is 2.39. The fourth-order valence-corrected chi connectivity index (χ4v) is 5.97. The maximum Gasteiger partial charge on any atom is 0.410 e. The van der Waals surface area contributed by atoms with E-state index >= 15 is 0 Å². The number of carbonyl (C=O) groups excluding carboxylic acids is 4. The van der Waals surface area contributed by atoms with Crippen LogP contribution in [-0.4, -0.2) is 111 Å². The molecule has 2 aromatic carbocycles. The summed E-state index contributed by atoms with van der Waals surface area (Å²) < 4.78 is 40.0. The first-order valence-corrected chi connectivity index (χ1v) is 17.6. The summed E-state index contributed by atoms with van der Waals surface area (Å²) in [6.07, 6.45) is 3.39. The summed E-state index contributed by atoms with van der Waals surface area (Å²) in [4.78, 5) is 63.3. The summed E-state index contributed by atoms with van der Waals surface area (Å²) in [5.74, 6) is -2.04. The van der Waals surface area contributed by atoms with Crippen molar-refractivity contribution in [3.8, 4) is 5.69 Å². The second-order valence-corrected chi connectivity index (χ2v) is 14.0. The van der Waals surface area contributed by atoms with Gasteiger partial charge in [0.25, 0.3) is 5.91 Å². The van der Waals surface area contributed by atoms with Gasteiger partial charge < -0.3 is 29.2 Å². The van der Waals surface area contributed by atoms with Gasteiger partial charge in [0, 0.05) is 51.2 Å². The molecule has 1 N–H and O–H groups in total. The zero-order valence-corrected chi connectivity index (χ0v) is 31.0. The van der Waals surface area contributed by atoms with E-state index in [0.717, 1.165) is 5.56 Å². The molecule has 14 heteroatoms. The summed E-state index contributed by atoms with van der Waals surface area (Å²) in [7, 11) is 1.46. The quantitative estimate of drug-likeness (QED) is 0.248. The maximum atomic E-state index is 14.3. The van der Waals surface area contributed by atoms with Gasteiger partial charge in [-0.1, -0.05) is 12.1 Å². The third kappa shape index (κ3) is 10.6. The molecule has 4 rings (SSSR count). The minimum absolute atomic E-state index is 0.164. The number of nitrogens with one attached hydrogen (secondary N) is 1. The fourth-order valence-electron chi connectivity index (χ4n) is 5.97. The largest absolute Gasteiger partial charge is 0.444 e. The summed E-state index contributed by atoms with van der Waals surface area (Å²) in [6, 6.07) is 9.43. The Labute approximate surface area is 304 Å². The normalized spacial score (nSPS) is 16.2.